The van der Waals surface area contributed by atoms with Crippen molar-refractivity contribution in [2.45, 2.75) is 104 Å². The number of aryl methyl sites for hydroxylation is 1. The number of ether oxygens (including phenoxy) is 2. The first kappa shape index (κ1) is 38.6. The Bertz CT molecular complexity index is 1560. The van der Waals surface area contributed by atoms with Crippen LogP contribution in [0, 0.1) is 6.92 Å². The molecule has 3 rings (SSSR count). The molecule has 0 fully saturated rings. The maximum atomic E-state index is 14.7. The van der Waals surface area contributed by atoms with E-state index in [-0.39, 0.29) is 30.7 Å². The summed E-state index contributed by atoms with van der Waals surface area (Å²) in [6.07, 6.45) is -0.0917. The number of nitrogens with one attached hydrogen (secondary N) is 2. The van der Waals surface area contributed by atoms with Gasteiger partial charge in [0.05, 0.1) is 0 Å². The molecule has 0 aliphatic rings. The van der Waals surface area contributed by atoms with Crippen LogP contribution in [-0.2, 0) is 36.7 Å². The molecule has 0 saturated heterocycles. The van der Waals surface area contributed by atoms with E-state index in [1.54, 1.807) is 66.7 Å². The number of benzene rings is 3. The van der Waals surface area contributed by atoms with Crippen molar-refractivity contribution in [1.29, 1.82) is 0 Å². The van der Waals surface area contributed by atoms with Crippen LogP contribution in [0.3, 0.4) is 0 Å². The molecule has 49 heavy (non-hydrogen) atoms. The van der Waals surface area contributed by atoms with Crippen molar-refractivity contribution in [3.63, 3.8) is 0 Å². The fourth-order valence-corrected chi connectivity index (χ4v) is 5.33. The predicted octanol–water partition coefficient (Wildman–Crippen LogP) is 6.19. The second-order valence-corrected chi connectivity index (χ2v) is 14.1. The largest absolute Gasteiger partial charge is 0.507 e. The molecule has 3 N–H and O–H groups in total. The average Bonchev–Trinajstić information content (AvgIpc) is 3.01. The van der Waals surface area contributed by atoms with Gasteiger partial charge in [-0.3, -0.25) is 9.59 Å². The molecule has 0 spiro atoms. The second kappa shape index (κ2) is 17.0. The van der Waals surface area contributed by atoms with E-state index in [1.165, 1.54) is 4.90 Å². The highest BCUT2D eigenvalue weighted by Gasteiger charge is 2.39. The minimum absolute atomic E-state index is 0.0986. The lowest BCUT2D eigenvalue weighted by atomic mass is 9.97. The highest BCUT2D eigenvalue weighted by molar-refractivity contribution is 5.94. The number of rotatable bonds is 13. The lowest BCUT2D eigenvalue weighted by Crippen LogP contribution is -2.55. The summed E-state index contributed by atoms with van der Waals surface area (Å²) >= 11 is 0. The van der Waals surface area contributed by atoms with Crippen LogP contribution in [0.5, 0.6) is 5.75 Å². The third-order valence-electron chi connectivity index (χ3n) is 7.43. The number of phenolic OH excluding ortho intramolecular Hbond substituents is 1. The van der Waals surface area contributed by atoms with E-state index in [9.17, 15) is 24.3 Å². The van der Waals surface area contributed by atoms with Crippen LogP contribution in [-0.4, -0.2) is 63.7 Å². The zero-order valence-electron chi connectivity index (χ0n) is 29.9. The maximum Gasteiger partial charge on any atom is 0.408 e. The van der Waals surface area contributed by atoms with Gasteiger partial charge in [0.25, 0.3) is 0 Å². The van der Waals surface area contributed by atoms with Crippen LogP contribution in [0.1, 0.15) is 83.2 Å². The lowest BCUT2D eigenvalue weighted by molar-refractivity contribution is -0.159. The van der Waals surface area contributed by atoms with Crippen LogP contribution in [0.2, 0.25) is 0 Å². The summed E-state index contributed by atoms with van der Waals surface area (Å²) < 4.78 is 11.2. The Morgan fingerprint density at radius 2 is 1.27 bits per heavy atom. The zero-order chi connectivity index (χ0) is 36.4. The number of para-hydroxylation sites is 1. The van der Waals surface area contributed by atoms with Crippen molar-refractivity contribution >= 4 is 23.9 Å². The van der Waals surface area contributed by atoms with Crippen LogP contribution >= 0.6 is 0 Å². The van der Waals surface area contributed by atoms with Crippen molar-refractivity contribution in [2.75, 3.05) is 6.54 Å². The molecule has 3 aromatic rings. The normalized spacial score (nSPS) is 13.4. The number of hydrogen-bond donors (Lipinski definition) is 3. The van der Waals surface area contributed by atoms with Gasteiger partial charge in [-0.2, -0.15) is 0 Å². The van der Waals surface area contributed by atoms with Gasteiger partial charge < -0.3 is 30.1 Å². The second-order valence-electron chi connectivity index (χ2n) is 14.1. The number of carbonyl (C=O) groups is 4. The smallest absolute Gasteiger partial charge is 0.408 e. The molecule has 0 aromatic heterocycles. The lowest BCUT2D eigenvalue weighted by Gasteiger charge is -2.35. The minimum Gasteiger partial charge on any atom is -0.507 e. The van der Waals surface area contributed by atoms with E-state index in [4.69, 9.17) is 9.47 Å². The summed E-state index contributed by atoms with van der Waals surface area (Å²) in [5, 5.41) is 16.9. The molecule has 10 nitrogen and oxygen atoms in total. The van der Waals surface area contributed by atoms with Gasteiger partial charge in [0.1, 0.15) is 35.1 Å². The SMILES string of the molecule is CCCN(C(=O)C(Cc1ccccc1)NC(=O)OC(C)(C)C)C(C(=O)NC(Cc1ccccc1)C(=O)OC(C)(C)C)c1cccc(C)c1O. The van der Waals surface area contributed by atoms with E-state index in [1.807, 2.05) is 67.6 Å². The summed E-state index contributed by atoms with van der Waals surface area (Å²) in [4.78, 5) is 57.1. The van der Waals surface area contributed by atoms with Crippen LogP contribution in [0.4, 0.5) is 4.79 Å². The Hall–Kier alpha value is -4.86. The quantitative estimate of drug-likeness (QED) is 0.184. The van der Waals surface area contributed by atoms with Crippen molar-refractivity contribution in [3.05, 3.63) is 101 Å². The number of alkyl carbamates (subject to hydrolysis) is 1. The number of carbonyl (C=O) groups excluding carboxylic acids is 4. The monoisotopic (exact) mass is 673 g/mol. The Morgan fingerprint density at radius 3 is 1.78 bits per heavy atom. The Kier molecular flexibility index (Phi) is 13.4. The first-order valence-electron chi connectivity index (χ1n) is 16.7. The number of phenols is 1. The zero-order valence-corrected chi connectivity index (χ0v) is 29.9. The van der Waals surface area contributed by atoms with Crippen molar-refractivity contribution in [3.8, 4) is 5.75 Å². The van der Waals surface area contributed by atoms with E-state index in [0.717, 1.165) is 11.1 Å². The molecule has 3 atom stereocenters. The van der Waals surface area contributed by atoms with Gasteiger partial charge in [0.15, 0.2) is 0 Å². The number of nitrogens with zero attached hydrogens (tertiary/aromatic N) is 1. The van der Waals surface area contributed by atoms with Gasteiger partial charge >= 0.3 is 12.1 Å². The third-order valence-corrected chi connectivity index (χ3v) is 7.43. The summed E-state index contributed by atoms with van der Waals surface area (Å²) in [6.45, 7) is 14.1. The average molecular weight is 674 g/mol. The van der Waals surface area contributed by atoms with Crippen molar-refractivity contribution in [1.82, 2.24) is 15.5 Å². The van der Waals surface area contributed by atoms with Crippen LogP contribution < -0.4 is 10.6 Å². The molecule has 10 heteroatoms. The molecule has 3 aromatic carbocycles. The van der Waals surface area contributed by atoms with E-state index >= 15 is 0 Å². The molecule has 0 heterocycles. The van der Waals surface area contributed by atoms with Gasteiger partial charge in [-0.05, 0) is 71.6 Å². The van der Waals surface area contributed by atoms with E-state index < -0.39 is 53.2 Å². The highest BCUT2D eigenvalue weighted by atomic mass is 16.6. The topological polar surface area (TPSA) is 134 Å². The van der Waals surface area contributed by atoms with Gasteiger partial charge in [0, 0.05) is 24.9 Å². The first-order chi connectivity index (χ1) is 23.0. The minimum atomic E-state index is -1.37. The molecule has 0 aliphatic carbocycles. The maximum absolute atomic E-state index is 14.7. The summed E-state index contributed by atoms with van der Waals surface area (Å²) in [6, 6.07) is 19.8. The number of esters is 1. The number of amides is 3. The molecule has 3 amide bonds. The molecule has 0 saturated carbocycles. The molecule has 0 bridgehead atoms. The number of hydrogen-bond acceptors (Lipinski definition) is 7. The fourth-order valence-electron chi connectivity index (χ4n) is 5.33. The predicted molar refractivity (Wildman–Crippen MR) is 189 cm³/mol. The van der Waals surface area contributed by atoms with E-state index in [2.05, 4.69) is 10.6 Å². The summed E-state index contributed by atoms with van der Waals surface area (Å²) in [7, 11) is 0. The Morgan fingerprint density at radius 1 is 0.735 bits per heavy atom. The summed E-state index contributed by atoms with van der Waals surface area (Å²) in [5.41, 5.74) is 0.601. The van der Waals surface area contributed by atoms with E-state index in [0.29, 0.717) is 12.0 Å². The molecule has 3 unspecified atom stereocenters. The van der Waals surface area contributed by atoms with Gasteiger partial charge in [-0.25, -0.2) is 9.59 Å². The molecule has 264 valence electrons. The standard InChI is InChI=1S/C39H51N3O7/c1-9-23-42(35(45)30(24-27-18-12-10-13-19-27)41-37(47)49-39(6,7)8)32(29-22-16-17-26(2)33(29)43)34(44)40-31(36(46)48-38(3,4)5)25-28-20-14-11-15-21-28/h10-22,30-32,43H,9,23-25H2,1-8H3,(H,40,44)(H,41,47). The Balaban J connectivity index is 2.11. The van der Waals surface area contributed by atoms with Gasteiger partial charge in [0.2, 0.25) is 11.8 Å². The van der Waals surface area contributed by atoms with Gasteiger partial charge in [-0.15, -0.1) is 0 Å². The van der Waals surface area contributed by atoms with Gasteiger partial charge in [-0.1, -0.05) is 85.8 Å². The fraction of sp³-hybridized carbons (Fsp3) is 0.436. The molecular formula is C39H51N3O7. The number of aromatic hydroxyl groups is 1. The van der Waals surface area contributed by atoms with Crippen LogP contribution in [0.25, 0.3) is 0 Å². The van der Waals surface area contributed by atoms with Crippen LogP contribution in [0.15, 0.2) is 78.9 Å². The molecular weight excluding hydrogens is 622 g/mol. The Labute approximate surface area is 290 Å². The summed E-state index contributed by atoms with van der Waals surface area (Å²) in [5.74, 6) is -2.05. The van der Waals surface area contributed by atoms with Crippen molar-refractivity contribution < 1.29 is 33.8 Å². The highest BCUT2D eigenvalue weighted by Crippen LogP contribution is 2.33. The first-order valence-corrected chi connectivity index (χ1v) is 16.7. The van der Waals surface area contributed by atoms with Crippen molar-refractivity contribution in [2.24, 2.45) is 0 Å². The molecule has 0 aliphatic heterocycles. The third kappa shape index (κ3) is 12.0. The molecule has 0 radical (unpaired) electrons.